The van der Waals surface area contributed by atoms with Crippen molar-refractivity contribution in [2.24, 2.45) is 5.73 Å². The molecule has 0 spiro atoms. The van der Waals surface area contributed by atoms with Gasteiger partial charge in [-0.15, -0.1) is 0 Å². The Morgan fingerprint density at radius 1 is 1.03 bits per heavy atom. The molecule has 2 aromatic carbocycles. The van der Waals surface area contributed by atoms with Crippen LogP contribution in [0.5, 0.6) is 5.75 Å². The van der Waals surface area contributed by atoms with Crippen molar-refractivity contribution in [2.75, 3.05) is 14.1 Å². The Morgan fingerprint density at radius 2 is 1.70 bits per heavy atom. The van der Waals surface area contributed by atoms with Gasteiger partial charge in [0.2, 0.25) is 11.8 Å². The van der Waals surface area contributed by atoms with Gasteiger partial charge in [0, 0.05) is 20.5 Å². The number of rotatable bonds is 11. The molecule has 0 unspecified atom stereocenters. The Labute approximate surface area is 179 Å². The zero-order chi connectivity index (χ0) is 21.9. The average molecular weight is 412 g/mol. The number of benzene rings is 2. The first kappa shape index (κ1) is 23.4. The minimum atomic E-state index is -0.656. The van der Waals surface area contributed by atoms with E-state index in [0.717, 1.165) is 29.7 Å². The lowest BCUT2D eigenvalue weighted by Gasteiger charge is -2.23. The third-order valence-electron chi connectivity index (χ3n) is 4.87. The zero-order valence-electron chi connectivity index (χ0n) is 18.1. The second-order valence-electron chi connectivity index (χ2n) is 7.66. The number of carbonyl (C=O) groups excluding carboxylic acids is 2. The van der Waals surface area contributed by atoms with E-state index < -0.39 is 12.1 Å². The summed E-state index contributed by atoms with van der Waals surface area (Å²) in [5.41, 5.74) is 8.00. The molecule has 0 radical (unpaired) electrons. The van der Waals surface area contributed by atoms with E-state index in [1.54, 1.807) is 14.1 Å². The van der Waals surface area contributed by atoms with Crippen LogP contribution < -0.4 is 15.8 Å². The van der Waals surface area contributed by atoms with E-state index in [-0.39, 0.29) is 11.8 Å². The minimum absolute atomic E-state index is 0.157. The maximum Gasteiger partial charge on any atom is 0.244 e. The van der Waals surface area contributed by atoms with Crippen LogP contribution in [0.3, 0.4) is 0 Å². The molecule has 0 bridgehead atoms. The molecule has 3 N–H and O–H groups in total. The highest BCUT2D eigenvalue weighted by molar-refractivity contribution is 5.89. The van der Waals surface area contributed by atoms with Gasteiger partial charge in [-0.1, -0.05) is 62.2 Å². The molecule has 6 nitrogen and oxygen atoms in total. The first-order valence-corrected chi connectivity index (χ1v) is 10.4. The predicted molar refractivity (Wildman–Crippen MR) is 119 cm³/mol. The number of unbranched alkanes of at least 4 members (excludes halogenated alkanes) is 1. The number of nitrogens with one attached hydrogen (secondary N) is 1. The molecular formula is C24H33N3O3. The summed E-state index contributed by atoms with van der Waals surface area (Å²) in [7, 11) is 3.36. The largest absolute Gasteiger partial charge is 0.489 e. The Morgan fingerprint density at radius 3 is 2.30 bits per heavy atom. The number of likely N-dealkylation sites (N-methyl/N-ethyl adjacent to an activating group) is 1. The quantitative estimate of drug-likeness (QED) is 0.595. The number of nitrogens with two attached hydrogens (primary N) is 1. The average Bonchev–Trinajstić information content (AvgIpc) is 2.76. The number of nitrogens with zero attached hydrogens (tertiary/aromatic N) is 1. The van der Waals surface area contributed by atoms with Gasteiger partial charge in [0.15, 0.2) is 0 Å². The minimum Gasteiger partial charge on any atom is -0.489 e. The summed E-state index contributed by atoms with van der Waals surface area (Å²) in [6, 6.07) is 16.3. The summed E-state index contributed by atoms with van der Waals surface area (Å²) in [6.07, 6.45) is 2.85. The van der Waals surface area contributed by atoms with E-state index in [1.165, 1.54) is 4.90 Å². The van der Waals surface area contributed by atoms with Crippen LogP contribution in [0.2, 0.25) is 0 Å². The van der Waals surface area contributed by atoms with Crippen molar-refractivity contribution in [2.45, 2.75) is 51.3 Å². The summed E-state index contributed by atoms with van der Waals surface area (Å²) in [5.74, 6) is 0.311. The number of hydrogen-bond donors (Lipinski definition) is 2. The molecule has 2 atom stereocenters. The Kier molecular flexibility index (Phi) is 9.35. The number of carbonyl (C=O) groups is 2. The SMILES string of the molecule is CCCC[C@H](N)C(=O)N[C@@H](Cc1ccc(OCc2ccccc2)cc1)C(=O)N(C)C. The molecule has 0 heterocycles. The van der Waals surface area contributed by atoms with Crippen molar-refractivity contribution in [3.05, 3.63) is 65.7 Å². The standard InChI is InChI=1S/C24H33N3O3/c1-4-5-11-21(25)23(28)26-22(24(29)27(2)3)16-18-12-14-20(15-13-18)30-17-19-9-7-6-8-10-19/h6-10,12-15,21-22H,4-5,11,16-17,25H2,1-3H3,(H,26,28)/t21-,22-/m0/s1. The lowest BCUT2D eigenvalue weighted by molar-refractivity contribution is -0.134. The number of hydrogen-bond acceptors (Lipinski definition) is 4. The number of ether oxygens (including phenoxy) is 1. The fourth-order valence-corrected chi connectivity index (χ4v) is 3.04. The van der Waals surface area contributed by atoms with E-state index in [9.17, 15) is 9.59 Å². The summed E-state index contributed by atoms with van der Waals surface area (Å²) < 4.78 is 5.81. The van der Waals surface area contributed by atoms with Crippen molar-refractivity contribution >= 4 is 11.8 Å². The zero-order valence-corrected chi connectivity index (χ0v) is 18.1. The predicted octanol–water partition coefficient (Wildman–Crippen LogP) is 2.90. The van der Waals surface area contributed by atoms with Gasteiger partial charge in [-0.2, -0.15) is 0 Å². The molecule has 2 rings (SSSR count). The van der Waals surface area contributed by atoms with Crippen LogP contribution in [-0.4, -0.2) is 42.9 Å². The van der Waals surface area contributed by atoms with E-state index in [1.807, 2.05) is 54.6 Å². The smallest absolute Gasteiger partial charge is 0.244 e. The molecule has 0 saturated heterocycles. The van der Waals surface area contributed by atoms with Crippen molar-refractivity contribution in [3.63, 3.8) is 0 Å². The molecule has 0 fully saturated rings. The van der Waals surface area contributed by atoms with Crippen molar-refractivity contribution < 1.29 is 14.3 Å². The topological polar surface area (TPSA) is 84.7 Å². The van der Waals surface area contributed by atoms with Crippen molar-refractivity contribution in [3.8, 4) is 5.75 Å². The highest BCUT2D eigenvalue weighted by atomic mass is 16.5. The van der Waals surface area contributed by atoms with Gasteiger partial charge in [0.1, 0.15) is 18.4 Å². The van der Waals surface area contributed by atoms with Gasteiger partial charge < -0.3 is 20.7 Å². The maximum atomic E-state index is 12.6. The molecular weight excluding hydrogens is 378 g/mol. The first-order valence-electron chi connectivity index (χ1n) is 10.4. The molecule has 6 heteroatoms. The highest BCUT2D eigenvalue weighted by Crippen LogP contribution is 2.16. The molecule has 0 aliphatic rings. The van der Waals surface area contributed by atoms with Crippen LogP contribution in [0.1, 0.15) is 37.3 Å². The summed E-state index contributed by atoms with van der Waals surface area (Å²) in [5, 5.41) is 2.83. The summed E-state index contributed by atoms with van der Waals surface area (Å²) in [6.45, 7) is 2.55. The van der Waals surface area contributed by atoms with Crippen molar-refractivity contribution in [1.82, 2.24) is 10.2 Å². The summed E-state index contributed by atoms with van der Waals surface area (Å²) in [4.78, 5) is 26.5. The normalized spacial score (nSPS) is 12.7. The molecule has 2 aromatic rings. The third kappa shape index (κ3) is 7.52. The molecule has 162 valence electrons. The van der Waals surface area contributed by atoms with Crippen LogP contribution >= 0.6 is 0 Å². The first-order chi connectivity index (χ1) is 14.4. The van der Waals surface area contributed by atoms with E-state index in [4.69, 9.17) is 10.5 Å². The maximum absolute atomic E-state index is 12.6. The highest BCUT2D eigenvalue weighted by Gasteiger charge is 2.25. The molecule has 0 aliphatic heterocycles. The Balaban J connectivity index is 1.98. The molecule has 2 amide bonds. The van der Waals surface area contributed by atoms with Crippen molar-refractivity contribution in [1.29, 1.82) is 0 Å². The van der Waals surface area contributed by atoms with Crippen LogP contribution in [0.25, 0.3) is 0 Å². The number of amides is 2. The van der Waals surface area contributed by atoms with Crippen LogP contribution in [0.4, 0.5) is 0 Å². The van der Waals surface area contributed by atoms with Crippen LogP contribution in [0.15, 0.2) is 54.6 Å². The lowest BCUT2D eigenvalue weighted by Crippen LogP contribution is -2.52. The molecule has 0 aliphatic carbocycles. The Bertz CT molecular complexity index is 791. The molecule has 0 saturated carbocycles. The second-order valence-corrected chi connectivity index (χ2v) is 7.66. The van der Waals surface area contributed by atoms with Gasteiger partial charge in [0.05, 0.1) is 6.04 Å². The van der Waals surface area contributed by atoms with Gasteiger partial charge in [-0.05, 0) is 29.7 Å². The van der Waals surface area contributed by atoms with Crippen LogP contribution in [0, 0.1) is 0 Å². The van der Waals surface area contributed by atoms with Crippen LogP contribution in [-0.2, 0) is 22.6 Å². The fourth-order valence-electron chi connectivity index (χ4n) is 3.04. The van der Waals surface area contributed by atoms with E-state index >= 15 is 0 Å². The fraction of sp³-hybridized carbons (Fsp3) is 0.417. The monoisotopic (exact) mass is 411 g/mol. The van der Waals surface area contributed by atoms with Gasteiger partial charge in [-0.3, -0.25) is 9.59 Å². The Hall–Kier alpha value is -2.86. The third-order valence-corrected chi connectivity index (χ3v) is 4.87. The van der Waals surface area contributed by atoms with Gasteiger partial charge in [0.25, 0.3) is 0 Å². The lowest BCUT2D eigenvalue weighted by atomic mass is 10.0. The molecule has 30 heavy (non-hydrogen) atoms. The summed E-state index contributed by atoms with van der Waals surface area (Å²) >= 11 is 0. The van der Waals surface area contributed by atoms with Gasteiger partial charge >= 0.3 is 0 Å². The second kappa shape index (κ2) is 12.0. The molecule has 0 aromatic heterocycles. The van der Waals surface area contributed by atoms with E-state index in [0.29, 0.717) is 19.4 Å². The van der Waals surface area contributed by atoms with E-state index in [2.05, 4.69) is 12.2 Å². The van der Waals surface area contributed by atoms with Gasteiger partial charge in [-0.25, -0.2) is 0 Å².